The Labute approximate surface area is 195 Å². The van der Waals surface area contributed by atoms with Gasteiger partial charge in [-0.15, -0.1) is 6.58 Å². The van der Waals surface area contributed by atoms with E-state index in [0.717, 1.165) is 24.0 Å². The first kappa shape index (κ1) is 25.3. The number of rotatable bonds is 12. The van der Waals surface area contributed by atoms with Crippen LogP contribution in [0.3, 0.4) is 0 Å². The van der Waals surface area contributed by atoms with Gasteiger partial charge in [0.25, 0.3) is 0 Å². The number of hydrogen-bond donors (Lipinski definition) is 0. The predicted octanol–water partition coefficient (Wildman–Crippen LogP) is 5.20. The van der Waals surface area contributed by atoms with Crippen LogP contribution in [0.4, 0.5) is 0 Å². The highest BCUT2D eigenvalue weighted by molar-refractivity contribution is 6.34. The first-order valence-electron chi connectivity index (χ1n) is 10.4. The summed E-state index contributed by atoms with van der Waals surface area (Å²) in [6.07, 6.45) is 5.33. The summed E-state index contributed by atoms with van der Waals surface area (Å²) in [7, 11) is 7.81. The standard InChI is InChI=1S/C26H30N2O5/c1-7-8-9-12-28-21(17-27)20(19-10-11-22(29-2)23(16-19)30-3)13-18-14-24(31-4)26(33-6)25(15-18)32-5/h7,10-11,13-16H,1,8-9,12H2,2-6H3/b20-13+,28-21-. The molecule has 0 fully saturated rings. The van der Waals surface area contributed by atoms with Gasteiger partial charge in [0, 0.05) is 12.1 Å². The van der Waals surface area contributed by atoms with E-state index < -0.39 is 0 Å². The van der Waals surface area contributed by atoms with Gasteiger partial charge >= 0.3 is 0 Å². The quantitative estimate of drug-likeness (QED) is 0.191. The summed E-state index contributed by atoms with van der Waals surface area (Å²) in [4.78, 5) is 4.55. The molecule has 0 saturated heterocycles. The van der Waals surface area contributed by atoms with Gasteiger partial charge in [0.15, 0.2) is 23.0 Å². The molecular weight excluding hydrogens is 420 g/mol. The molecule has 0 radical (unpaired) electrons. The lowest BCUT2D eigenvalue weighted by atomic mass is 9.97. The molecule has 0 aliphatic carbocycles. The SMILES string of the molecule is C=CCCC/N=C(C#N)\C(=C\c1cc(OC)c(OC)c(OC)c1)c1ccc(OC)c(OC)c1. The molecule has 0 N–H and O–H groups in total. The fraction of sp³-hybridized carbons (Fsp3) is 0.308. The molecule has 0 amide bonds. The number of nitrogens with zero attached hydrogens (tertiary/aromatic N) is 2. The average molecular weight is 451 g/mol. The van der Waals surface area contributed by atoms with Crippen molar-refractivity contribution in [2.75, 3.05) is 42.1 Å². The third kappa shape index (κ3) is 6.30. The van der Waals surface area contributed by atoms with Crippen molar-refractivity contribution in [2.45, 2.75) is 12.8 Å². The molecule has 0 spiro atoms. The molecule has 0 aliphatic heterocycles. The third-order valence-electron chi connectivity index (χ3n) is 4.89. The van der Waals surface area contributed by atoms with E-state index in [9.17, 15) is 5.26 Å². The van der Waals surface area contributed by atoms with Crippen LogP contribution in [-0.2, 0) is 0 Å². The summed E-state index contributed by atoms with van der Waals surface area (Å²) in [5.41, 5.74) is 2.44. The molecule has 7 heteroatoms. The number of nitriles is 1. The van der Waals surface area contributed by atoms with Crippen LogP contribution in [-0.4, -0.2) is 47.8 Å². The Kier molecular flexibility index (Phi) is 9.84. The topological polar surface area (TPSA) is 82.3 Å². The summed E-state index contributed by atoms with van der Waals surface area (Å²) < 4.78 is 27.2. The van der Waals surface area contributed by atoms with Crippen LogP contribution in [0.25, 0.3) is 11.6 Å². The number of allylic oxidation sites excluding steroid dienone is 2. The second-order valence-corrected chi connectivity index (χ2v) is 6.86. The van der Waals surface area contributed by atoms with Crippen LogP contribution >= 0.6 is 0 Å². The van der Waals surface area contributed by atoms with Gasteiger partial charge in [-0.1, -0.05) is 12.1 Å². The van der Waals surface area contributed by atoms with Gasteiger partial charge in [0.1, 0.15) is 11.8 Å². The van der Waals surface area contributed by atoms with Crippen molar-refractivity contribution in [3.05, 3.63) is 54.1 Å². The largest absolute Gasteiger partial charge is 0.493 e. The number of aliphatic imine (C=N–C) groups is 1. The predicted molar refractivity (Wildman–Crippen MR) is 131 cm³/mol. The Bertz CT molecular complexity index is 1040. The number of ether oxygens (including phenoxy) is 5. The summed E-state index contributed by atoms with van der Waals surface area (Å²) in [6, 6.07) is 11.3. The summed E-state index contributed by atoms with van der Waals surface area (Å²) in [5, 5.41) is 9.94. The zero-order valence-electron chi connectivity index (χ0n) is 19.8. The molecule has 0 saturated carbocycles. The maximum Gasteiger partial charge on any atom is 0.203 e. The first-order chi connectivity index (χ1) is 16.1. The summed E-state index contributed by atoms with van der Waals surface area (Å²) >= 11 is 0. The number of methoxy groups -OCH3 is 5. The van der Waals surface area contributed by atoms with Gasteiger partial charge in [-0.25, -0.2) is 0 Å². The van der Waals surface area contributed by atoms with Crippen LogP contribution in [0, 0.1) is 11.3 Å². The van der Waals surface area contributed by atoms with Crippen LogP contribution < -0.4 is 23.7 Å². The average Bonchev–Trinajstić information content (AvgIpc) is 2.86. The molecule has 0 aromatic heterocycles. The van der Waals surface area contributed by atoms with Gasteiger partial charge < -0.3 is 23.7 Å². The molecular formula is C26H30N2O5. The smallest absolute Gasteiger partial charge is 0.203 e. The Morgan fingerprint density at radius 1 is 0.909 bits per heavy atom. The van der Waals surface area contributed by atoms with Gasteiger partial charge in [0.05, 0.1) is 35.5 Å². The van der Waals surface area contributed by atoms with E-state index in [1.54, 1.807) is 41.6 Å². The zero-order chi connectivity index (χ0) is 24.2. The minimum Gasteiger partial charge on any atom is -0.493 e. The van der Waals surface area contributed by atoms with Crippen LogP contribution in [0.1, 0.15) is 24.0 Å². The van der Waals surface area contributed by atoms with E-state index >= 15 is 0 Å². The Morgan fingerprint density at radius 3 is 2.06 bits per heavy atom. The highest BCUT2D eigenvalue weighted by Crippen LogP contribution is 2.39. The molecule has 2 aromatic carbocycles. The number of benzene rings is 2. The van der Waals surface area contributed by atoms with Crippen molar-refractivity contribution in [3.8, 4) is 34.8 Å². The second kappa shape index (κ2) is 12.8. The van der Waals surface area contributed by atoms with E-state index in [0.29, 0.717) is 46.6 Å². The molecule has 174 valence electrons. The lowest BCUT2D eigenvalue weighted by molar-refractivity contribution is 0.324. The molecule has 2 rings (SSSR count). The number of unbranched alkanes of at least 4 members (excludes halogenated alkanes) is 1. The lowest BCUT2D eigenvalue weighted by Crippen LogP contribution is -2.03. The van der Waals surface area contributed by atoms with Crippen LogP contribution in [0.5, 0.6) is 28.7 Å². The summed E-state index contributed by atoms with van der Waals surface area (Å²) in [6.45, 7) is 4.24. The lowest BCUT2D eigenvalue weighted by Gasteiger charge is -2.14. The van der Waals surface area contributed by atoms with E-state index in [-0.39, 0.29) is 0 Å². The first-order valence-corrected chi connectivity index (χ1v) is 10.4. The van der Waals surface area contributed by atoms with Gasteiger partial charge in [-0.05, 0) is 54.3 Å². The normalized spacial score (nSPS) is 11.4. The summed E-state index contributed by atoms with van der Waals surface area (Å²) in [5.74, 6) is 2.65. The molecule has 33 heavy (non-hydrogen) atoms. The van der Waals surface area contributed by atoms with Crippen molar-refractivity contribution >= 4 is 17.4 Å². The minimum atomic E-state index is 0.306. The fourth-order valence-corrected chi connectivity index (χ4v) is 3.25. The van der Waals surface area contributed by atoms with Gasteiger partial charge in [0.2, 0.25) is 5.75 Å². The van der Waals surface area contributed by atoms with E-state index in [2.05, 4.69) is 17.6 Å². The van der Waals surface area contributed by atoms with Crippen molar-refractivity contribution in [1.29, 1.82) is 5.26 Å². The second-order valence-electron chi connectivity index (χ2n) is 6.86. The molecule has 0 unspecified atom stereocenters. The molecule has 0 aliphatic rings. The molecule has 0 heterocycles. The van der Waals surface area contributed by atoms with Crippen molar-refractivity contribution in [3.63, 3.8) is 0 Å². The zero-order valence-corrected chi connectivity index (χ0v) is 19.8. The van der Waals surface area contributed by atoms with Crippen molar-refractivity contribution in [1.82, 2.24) is 0 Å². The molecule has 2 aromatic rings. The van der Waals surface area contributed by atoms with Crippen molar-refractivity contribution < 1.29 is 23.7 Å². The highest BCUT2D eigenvalue weighted by Gasteiger charge is 2.16. The Morgan fingerprint density at radius 2 is 1.55 bits per heavy atom. The van der Waals surface area contributed by atoms with E-state index in [1.165, 1.54) is 0 Å². The maximum atomic E-state index is 9.94. The molecule has 0 bridgehead atoms. The molecule has 0 atom stereocenters. The Hall–Kier alpha value is -3.92. The van der Waals surface area contributed by atoms with E-state index in [4.69, 9.17) is 23.7 Å². The monoisotopic (exact) mass is 450 g/mol. The highest BCUT2D eigenvalue weighted by atomic mass is 16.5. The van der Waals surface area contributed by atoms with Crippen LogP contribution in [0.15, 0.2) is 48.0 Å². The van der Waals surface area contributed by atoms with Gasteiger partial charge in [-0.3, -0.25) is 4.99 Å². The third-order valence-corrected chi connectivity index (χ3v) is 4.89. The Balaban J connectivity index is 2.71. The maximum absolute atomic E-state index is 9.94. The molecule has 7 nitrogen and oxygen atoms in total. The fourth-order valence-electron chi connectivity index (χ4n) is 3.25. The van der Waals surface area contributed by atoms with Crippen LogP contribution in [0.2, 0.25) is 0 Å². The number of hydrogen-bond acceptors (Lipinski definition) is 7. The minimum absolute atomic E-state index is 0.306. The van der Waals surface area contributed by atoms with Gasteiger partial charge in [-0.2, -0.15) is 5.26 Å². The van der Waals surface area contributed by atoms with Crippen molar-refractivity contribution in [2.24, 2.45) is 4.99 Å². The van der Waals surface area contributed by atoms with E-state index in [1.807, 2.05) is 36.4 Å².